The second-order valence-corrected chi connectivity index (χ2v) is 11.8. The molecule has 0 unspecified atom stereocenters. The van der Waals surface area contributed by atoms with E-state index in [0.29, 0.717) is 23.5 Å². The maximum atomic E-state index is 13.2. The second kappa shape index (κ2) is 9.82. The number of anilines is 1. The number of nitrogens with zero attached hydrogens (tertiary/aromatic N) is 4. The smallest absolute Gasteiger partial charge is 0.308 e. The monoisotopic (exact) mass is 511 g/mol. The van der Waals surface area contributed by atoms with E-state index in [1.807, 2.05) is 13.8 Å². The SMILES string of the molecule is CCOC(=O)C1CCC2(CC1)CCN(Nc1ncnc3c1ccn3S(=O)(=O)c1ccc(C)cc1)CC2. The Balaban J connectivity index is 1.26. The number of aromatic nitrogens is 3. The van der Waals surface area contributed by atoms with E-state index in [2.05, 4.69) is 20.4 Å². The lowest BCUT2D eigenvalue weighted by Crippen LogP contribution is -2.45. The third-order valence-electron chi connectivity index (χ3n) is 7.78. The van der Waals surface area contributed by atoms with Crippen LogP contribution in [0.5, 0.6) is 0 Å². The highest BCUT2D eigenvalue weighted by Crippen LogP contribution is 2.46. The summed E-state index contributed by atoms with van der Waals surface area (Å²) in [6.07, 6.45) is 8.95. The molecule has 0 radical (unpaired) electrons. The molecule has 1 spiro atoms. The number of nitrogens with one attached hydrogen (secondary N) is 1. The summed E-state index contributed by atoms with van der Waals surface area (Å²) < 4.78 is 32.9. The lowest BCUT2D eigenvalue weighted by atomic mass is 9.65. The van der Waals surface area contributed by atoms with Crippen molar-refractivity contribution in [3.8, 4) is 0 Å². The first-order chi connectivity index (χ1) is 17.3. The number of esters is 1. The van der Waals surface area contributed by atoms with E-state index in [1.165, 1.54) is 16.5 Å². The predicted molar refractivity (Wildman–Crippen MR) is 137 cm³/mol. The number of rotatable bonds is 6. The Labute approximate surface area is 211 Å². The first kappa shape index (κ1) is 24.7. The third kappa shape index (κ3) is 4.71. The Bertz CT molecular complexity index is 1330. The van der Waals surface area contributed by atoms with Crippen molar-refractivity contribution in [2.75, 3.05) is 25.1 Å². The molecule has 192 valence electrons. The van der Waals surface area contributed by atoms with E-state index >= 15 is 0 Å². The molecule has 1 aliphatic carbocycles. The van der Waals surface area contributed by atoms with E-state index in [1.54, 1.807) is 30.3 Å². The van der Waals surface area contributed by atoms with Crippen LogP contribution in [0.3, 0.4) is 0 Å². The number of hydrazine groups is 1. The first-order valence-electron chi connectivity index (χ1n) is 12.6. The van der Waals surface area contributed by atoms with Crippen LogP contribution < -0.4 is 5.43 Å². The molecule has 1 saturated carbocycles. The molecule has 2 aliphatic rings. The summed E-state index contributed by atoms with van der Waals surface area (Å²) in [6, 6.07) is 8.53. The molecule has 1 N–H and O–H groups in total. The van der Waals surface area contributed by atoms with Crippen LogP contribution in [0.15, 0.2) is 47.8 Å². The van der Waals surface area contributed by atoms with Crippen LogP contribution in [0.4, 0.5) is 5.82 Å². The van der Waals surface area contributed by atoms with Crippen molar-refractivity contribution in [2.45, 2.75) is 57.3 Å². The van der Waals surface area contributed by atoms with E-state index < -0.39 is 10.0 Å². The number of benzene rings is 1. The lowest BCUT2D eigenvalue weighted by Gasteiger charge is -2.45. The van der Waals surface area contributed by atoms with Gasteiger partial charge in [-0.05, 0) is 76.0 Å². The van der Waals surface area contributed by atoms with Gasteiger partial charge in [-0.15, -0.1) is 0 Å². The number of carbonyl (C=O) groups excluding carboxylic acids is 1. The van der Waals surface area contributed by atoms with Crippen LogP contribution in [0, 0.1) is 18.3 Å². The van der Waals surface area contributed by atoms with Gasteiger partial charge in [0.2, 0.25) is 0 Å². The predicted octanol–water partition coefficient (Wildman–Crippen LogP) is 4.14. The van der Waals surface area contributed by atoms with Gasteiger partial charge in [-0.3, -0.25) is 4.79 Å². The molecule has 9 nitrogen and oxygen atoms in total. The van der Waals surface area contributed by atoms with Crippen LogP contribution in [0.1, 0.15) is 51.0 Å². The van der Waals surface area contributed by atoms with E-state index in [-0.39, 0.29) is 22.2 Å². The van der Waals surface area contributed by atoms with Crippen LogP contribution >= 0.6 is 0 Å². The Morgan fingerprint density at radius 3 is 2.44 bits per heavy atom. The maximum Gasteiger partial charge on any atom is 0.308 e. The van der Waals surface area contributed by atoms with Gasteiger partial charge in [-0.25, -0.2) is 27.4 Å². The van der Waals surface area contributed by atoms with Crippen LogP contribution in [0.25, 0.3) is 11.0 Å². The minimum atomic E-state index is -3.77. The highest BCUT2D eigenvalue weighted by molar-refractivity contribution is 7.90. The molecule has 10 heteroatoms. The molecule has 3 aromatic rings. The number of ether oxygens (including phenoxy) is 1. The number of hydrogen-bond donors (Lipinski definition) is 1. The third-order valence-corrected chi connectivity index (χ3v) is 9.46. The average Bonchev–Trinajstić information content (AvgIpc) is 3.33. The highest BCUT2D eigenvalue weighted by Gasteiger charge is 2.40. The van der Waals surface area contributed by atoms with Crippen LogP contribution in [-0.4, -0.2) is 53.0 Å². The number of hydrogen-bond acceptors (Lipinski definition) is 8. The van der Waals surface area contributed by atoms with Gasteiger partial charge in [-0.1, -0.05) is 17.7 Å². The minimum absolute atomic E-state index is 0.0428. The molecular weight excluding hydrogens is 478 g/mol. The molecule has 0 amide bonds. The second-order valence-electron chi connectivity index (χ2n) is 10.0. The molecule has 0 atom stereocenters. The van der Waals surface area contributed by atoms with Crippen molar-refractivity contribution >= 4 is 32.8 Å². The van der Waals surface area contributed by atoms with E-state index in [4.69, 9.17) is 4.74 Å². The van der Waals surface area contributed by atoms with Gasteiger partial charge < -0.3 is 10.2 Å². The molecule has 2 aromatic heterocycles. The first-order valence-corrected chi connectivity index (χ1v) is 14.1. The summed E-state index contributed by atoms with van der Waals surface area (Å²) in [7, 11) is -3.77. The Morgan fingerprint density at radius 2 is 1.78 bits per heavy atom. The van der Waals surface area contributed by atoms with Crippen molar-refractivity contribution in [3.63, 3.8) is 0 Å². The standard InChI is InChI=1S/C26H33N5O4S/c1-3-35-25(32)20-8-11-26(12-9-20)13-16-30(17-14-26)29-23-22-10-15-31(24(22)28-18-27-23)36(33,34)21-6-4-19(2)5-7-21/h4-7,10,15,18,20H,3,8-9,11-14,16-17H2,1-2H3,(H,27,28,29). The summed E-state index contributed by atoms with van der Waals surface area (Å²) >= 11 is 0. The molecular formula is C26H33N5O4S. The number of aryl methyl sites for hydroxylation is 1. The lowest BCUT2D eigenvalue weighted by molar-refractivity contribution is -0.150. The summed E-state index contributed by atoms with van der Waals surface area (Å²) in [4.78, 5) is 21.0. The normalized spacial score (nSPS) is 18.9. The van der Waals surface area contributed by atoms with Crippen molar-refractivity contribution < 1.29 is 17.9 Å². The fourth-order valence-corrected chi connectivity index (χ4v) is 6.81. The topological polar surface area (TPSA) is 106 Å². The average molecular weight is 512 g/mol. The molecule has 36 heavy (non-hydrogen) atoms. The fourth-order valence-electron chi connectivity index (χ4n) is 5.50. The molecule has 1 saturated heterocycles. The van der Waals surface area contributed by atoms with Crippen LogP contribution in [-0.2, 0) is 19.6 Å². The van der Waals surface area contributed by atoms with Crippen molar-refractivity contribution in [1.29, 1.82) is 0 Å². The van der Waals surface area contributed by atoms with Crippen molar-refractivity contribution in [2.24, 2.45) is 11.3 Å². The number of fused-ring (bicyclic) bond motifs is 1. The molecule has 0 bridgehead atoms. The summed E-state index contributed by atoms with van der Waals surface area (Å²) in [5.41, 5.74) is 5.03. The molecule has 3 heterocycles. The fraction of sp³-hybridized carbons (Fsp3) is 0.500. The van der Waals surface area contributed by atoms with Gasteiger partial charge in [0.25, 0.3) is 10.0 Å². The van der Waals surface area contributed by atoms with E-state index in [9.17, 15) is 13.2 Å². The van der Waals surface area contributed by atoms with Crippen molar-refractivity contribution in [3.05, 3.63) is 48.4 Å². The molecule has 2 fully saturated rings. The van der Waals surface area contributed by atoms with Crippen LogP contribution in [0.2, 0.25) is 0 Å². The summed E-state index contributed by atoms with van der Waals surface area (Å²) in [6.45, 7) is 5.94. The summed E-state index contributed by atoms with van der Waals surface area (Å²) in [5.74, 6) is 0.594. The zero-order valence-electron chi connectivity index (χ0n) is 20.8. The van der Waals surface area contributed by atoms with E-state index in [0.717, 1.165) is 57.2 Å². The molecule has 1 aliphatic heterocycles. The van der Waals surface area contributed by atoms with Gasteiger partial charge in [0.05, 0.1) is 22.8 Å². The zero-order chi connectivity index (χ0) is 25.3. The van der Waals surface area contributed by atoms with Gasteiger partial charge in [-0.2, -0.15) is 0 Å². The van der Waals surface area contributed by atoms with Gasteiger partial charge in [0.15, 0.2) is 11.5 Å². The van der Waals surface area contributed by atoms with Gasteiger partial charge in [0.1, 0.15) is 6.33 Å². The largest absolute Gasteiger partial charge is 0.466 e. The van der Waals surface area contributed by atoms with Crippen molar-refractivity contribution in [1.82, 2.24) is 18.9 Å². The minimum Gasteiger partial charge on any atom is -0.466 e. The highest BCUT2D eigenvalue weighted by atomic mass is 32.2. The quantitative estimate of drug-likeness (QED) is 0.492. The zero-order valence-corrected chi connectivity index (χ0v) is 21.6. The molecule has 1 aromatic carbocycles. The van der Waals surface area contributed by atoms with Gasteiger partial charge in [0, 0.05) is 19.3 Å². The number of carbonyl (C=O) groups is 1. The van der Waals surface area contributed by atoms with Gasteiger partial charge >= 0.3 is 5.97 Å². The number of piperidine rings is 1. The Kier molecular flexibility index (Phi) is 6.74. The maximum absolute atomic E-state index is 13.2. The summed E-state index contributed by atoms with van der Waals surface area (Å²) in [5, 5.41) is 2.81. The Morgan fingerprint density at radius 1 is 1.08 bits per heavy atom. The molecule has 5 rings (SSSR count). The Hall–Kier alpha value is -2.98.